The summed E-state index contributed by atoms with van der Waals surface area (Å²) in [5, 5.41) is 14.8. The minimum Gasteiger partial charge on any atom is -0.369 e. The molecule has 2 amide bonds. The molecule has 0 heterocycles. The van der Waals surface area contributed by atoms with Crippen LogP contribution in [-0.2, 0) is 15.4 Å². The van der Waals surface area contributed by atoms with E-state index in [0.717, 1.165) is 12.3 Å². The van der Waals surface area contributed by atoms with Crippen LogP contribution in [0, 0.1) is 3.57 Å². The third kappa shape index (κ3) is 7.46. The van der Waals surface area contributed by atoms with E-state index in [-0.39, 0.29) is 22.4 Å². The summed E-state index contributed by atoms with van der Waals surface area (Å²) in [5.74, 6) is -2.77. The quantitative estimate of drug-likeness (QED) is 0.247. The number of hydrogen-bond acceptors (Lipinski definition) is 5. The van der Waals surface area contributed by atoms with Gasteiger partial charge >= 0.3 is 12.4 Å². The zero-order valence-electron chi connectivity index (χ0n) is 21.9. The molecule has 0 spiro atoms. The number of aliphatic hydroxyl groups is 1. The Morgan fingerprint density at radius 1 is 0.975 bits per heavy atom. The van der Waals surface area contributed by atoms with E-state index in [1.807, 2.05) is 0 Å². The molecule has 2 aromatic rings. The van der Waals surface area contributed by atoms with E-state index in [2.05, 4.69) is 10.6 Å². The van der Waals surface area contributed by atoms with Crippen LogP contribution in [-0.4, -0.2) is 55.2 Å². The monoisotopic (exact) mass is 708 g/mol. The summed E-state index contributed by atoms with van der Waals surface area (Å²) in [6.07, 6.45) is -11.2. The molecule has 40 heavy (non-hydrogen) atoms. The van der Waals surface area contributed by atoms with Crippen LogP contribution in [0.15, 0.2) is 36.4 Å². The lowest BCUT2D eigenvalue weighted by molar-refractivity contribution is -0.376. The van der Waals surface area contributed by atoms with Gasteiger partial charge in [0.2, 0.25) is 0 Å². The highest BCUT2D eigenvalue weighted by Crippen LogP contribution is 2.50. The van der Waals surface area contributed by atoms with Crippen molar-refractivity contribution in [3.8, 4) is 0 Å². The summed E-state index contributed by atoms with van der Waals surface area (Å²) in [7, 11) is -3.49. The van der Waals surface area contributed by atoms with E-state index in [1.165, 1.54) is 45.9 Å². The van der Waals surface area contributed by atoms with Crippen LogP contribution in [0.5, 0.6) is 0 Å². The van der Waals surface area contributed by atoms with E-state index in [4.69, 9.17) is 0 Å². The second kappa shape index (κ2) is 11.5. The van der Waals surface area contributed by atoms with Gasteiger partial charge in [-0.05, 0) is 72.2 Å². The van der Waals surface area contributed by atoms with E-state index >= 15 is 0 Å². The lowest BCUT2D eigenvalue weighted by atomic mass is 9.88. The average molecular weight is 708 g/mol. The largest absolute Gasteiger partial charge is 0.430 e. The van der Waals surface area contributed by atoms with Gasteiger partial charge in [0.25, 0.3) is 17.4 Å². The molecule has 0 radical (unpaired) electrons. The molecule has 0 unspecified atom stereocenters. The smallest absolute Gasteiger partial charge is 0.369 e. The maximum absolute atomic E-state index is 13.4. The van der Waals surface area contributed by atoms with Crippen LogP contribution in [0.2, 0.25) is 0 Å². The highest BCUT2D eigenvalue weighted by Gasteiger charge is 2.71. The minimum absolute atomic E-state index is 0.117. The molecule has 0 aliphatic carbocycles. The third-order valence-electron chi connectivity index (χ3n) is 5.72. The number of carbonyl (C=O) groups excluding carboxylic acids is 2. The number of sulfone groups is 1. The molecule has 0 fully saturated rings. The van der Waals surface area contributed by atoms with Gasteiger partial charge in [0.15, 0.2) is 0 Å². The molecule has 0 bridgehead atoms. The summed E-state index contributed by atoms with van der Waals surface area (Å²) in [5.41, 5.74) is -8.41. The maximum Gasteiger partial charge on any atom is 0.430 e. The first kappa shape index (κ1) is 33.8. The van der Waals surface area contributed by atoms with Crippen LogP contribution in [0.4, 0.5) is 32.0 Å². The first-order chi connectivity index (χ1) is 17.9. The Kier molecular flexibility index (Phi) is 9.69. The standard InChI is InChI=1S/C25H27F6IN2O5S/c1-13(2)16-11-14(23(37,24(26,27)28)25(29,30)31)9-10-18(16)33-20(35)15-7-6-8-17(32)19(15)21(36)34-22(3,4)12-40(5,38)39/h6-11,13,37H,12H2,1-5H3,(H,33,35)(H,34,36). The van der Waals surface area contributed by atoms with Crippen molar-refractivity contribution >= 4 is 49.9 Å². The molecular formula is C25H27F6IN2O5S. The molecule has 0 aliphatic rings. The second-order valence-electron chi connectivity index (χ2n) is 10.2. The number of alkyl halides is 6. The molecule has 3 N–H and O–H groups in total. The van der Waals surface area contributed by atoms with Crippen molar-refractivity contribution in [3.63, 3.8) is 0 Å². The summed E-state index contributed by atoms with van der Waals surface area (Å²) in [4.78, 5) is 26.4. The van der Waals surface area contributed by atoms with E-state index < -0.39 is 62.4 Å². The molecule has 222 valence electrons. The molecule has 0 aliphatic heterocycles. The first-order valence-corrected chi connectivity index (χ1v) is 14.7. The summed E-state index contributed by atoms with van der Waals surface area (Å²) in [6.45, 7) is 5.87. The SMILES string of the molecule is CC(C)c1cc(C(O)(C(F)(F)F)C(F)(F)F)ccc1NC(=O)c1cccc(I)c1C(=O)NC(C)(C)CS(C)(=O)=O. The zero-order valence-corrected chi connectivity index (χ0v) is 24.9. The molecule has 15 heteroatoms. The van der Waals surface area contributed by atoms with Crippen molar-refractivity contribution in [1.82, 2.24) is 5.32 Å². The van der Waals surface area contributed by atoms with Gasteiger partial charge in [-0.15, -0.1) is 0 Å². The summed E-state index contributed by atoms with van der Waals surface area (Å²) in [6, 6.07) is 6.00. The number of carbonyl (C=O) groups is 2. The number of hydrogen-bond donors (Lipinski definition) is 3. The fraction of sp³-hybridized carbons (Fsp3) is 0.440. The topological polar surface area (TPSA) is 113 Å². The van der Waals surface area contributed by atoms with Gasteiger partial charge in [0, 0.05) is 26.6 Å². The van der Waals surface area contributed by atoms with Gasteiger partial charge in [-0.1, -0.05) is 26.0 Å². The molecule has 2 rings (SSSR count). The zero-order chi connectivity index (χ0) is 31.1. The summed E-state index contributed by atoms with van der Waals surface area (Å²) < 4.78 is 104. The van der Waals surface area contributed by atoms with Crippen molar-refractivity contribution in [3.05, 3.63) is 62.2 Å². The first-order valence-electron chi connectivity index (χ1n) is 11.5. The third-order valence-corrected chi connectivity index (χ3v) is 7.87. The van der Waals surface area contributed by atoms with Crippen LogP contribution in [0.3, 0.4) is 0 Å². The fourth-order valence-electron chi connectivity index (χ4n) is 4.06. The minimum atomic E-state index is -6.09. The van der Waals surface area contributed by atoms with Crippen LogP contribution in [0.25, 0.3) is 0 Å². The Bertz CT molecular complexity index is 1390. The molecule has 0 saturated heterocycles. The lowest BCUT2D eigenvalue weighted by Gasteiger charge is -2.33. The highest BCUT2D eigenvalue weighted by atomic mass is 127. The highest BCUT2D eigenvalue weighted by molar-refractivity contribution is 14.1. The van der Waals surface area contributed by atoms with Crippen LogP contribution >= 0.6 is 22.6 Å². The van der Waals surface area contributed by atoms with Gasteiger partial charge in [-0.3, -0.25) is 9.59 Å². The Balaban J connectivity index is 2.54. The van der Waals surface area contributed by atoms with Gasteiger partial charge in [-0.2, -0.15) is 26.3 Å². The Morgan fingerprint density at radius 2 is 1.52 bits per heavy atom. The lowest BCUT2D eigenvalue weighted by Crippen LogP contribution is -2.54. The van der Waals surface area contributed by atoms with Crippen molar-refractivity contribution in [2.24, 2.45) is 0 Å². The molecule has 2 aromatic carbocycles. The van der Waals surface area contributed by atoms with Crippen molar-refractivity contribution in [1.29, 1.82) is 0 Å². The van der Waals surface area contributed by atoms with Crippen molar-refractivity contribution < 1.29 is 49.5 Å². The molecular weight excluding hydrogens is 681 g/mol. The van der Waals surface area contributed by atoms with Crippen LogP contribution < -0.4 is 10.6 Å². The number of rotatable bonds is 8. The average Bonchev–Trinajstić information content (AvgIpc) is 2.74. The van der Waals surface area contributed by atoms with E-state index in [0.29, 0.717) is 15.7 Å². The molecule has 0 saturated carbocycles. The number of amides is 2. The second-order valence-corrected chi connectivity index (χ2v) is 13.5. The number of anilines is 1. The van der Waals surface area contributed by atoms with Gasteiger partial charge in [0.05, 0.1) is 16.9 Å². The maximum atomic E-state index is 13.4. The molecule has 0 aromatic heterocycles. The van der Waals surface area contributed by atoms with E-state index in [1.54, 1.807) is 22.6 Å². The normalized spacial score (nSPS) is 13.3. The Morgan fingerprint density at radius 3 is 2.00 bits per heavy atom. The van der Waals surface area contributed by atoms with Gasteiger partial charge < -0.3 is 15.7 Å². The Hall–Kier alpha value is -2.40. The summed E-state index contributed by atoms with van der Waals surface area (Å²) >= 11 is 1.79. The fourth-order valence-corrected chi connectivity index (χ4v) is 6.19. The molecule has 7 nitrogen and oxygen atoms in total. The predicted octanol–water partition coefficient (Wildman–Crippen LogP) is 5.53. The number of benzene rings is 2. The van der Waals surface area contributed by atoms with E-state index in [9.17, 15) is 49.5 Å². The van der Waals surface area contributed by atoms with Crippen LogP contribution in [0.1, 0.15) is 65.5 Å². The predicted molar refractivity (Wildman–Crippen MR) is 145 cm³/mol. The Labute approximate surface area is 240 Å². The number of nitrogens with one attached hydrogen (secondary N) is 2. The molecule has 0 atom stereocenters. The van der Waals surface area contributed by atoms with Crippen molar-refractivity contribution in [2.45, 2.75) is 57.1 Å². The van der Waals surface area contributed by atoms with Gasteiger partial charge in [-0.25, -0.2) is 8.42 Å². The number of halogens is 7. The van der Waals surface area contributed by atoms with Gasteiger partial charge in [0.1, 0.15) is 9.84 Å². The van der Waals surface area contributed by atoms with Crippen molar-refractivity contribution in [2.75, 3.05) is 17.3 Å².